The van der Waals surface area contributed by atoms with Gasteiger partial charge in [-0.1, -0.05) is 17.7 Å². The number of ether oxygens (including phenoxy) is 1. The minimum absolute atomic E-state index is 0.698. The van der Waals surface area contributed by atoms with Crippen molar-refractivity contribution in [3.63, 3.8) is 0 Å². The van der Waals surface area contributed by atoms with Crippen molar-refractivity contribution in [3.05, 3.63) is 28.8 Å². The van der Waals surface area contributed by atoms with Gasteiger partial charge in [-0.05, 0) is 17.7 Å². The number of nitrogens with one attached hydrogen (secondary N) is 1. The van der Waals surface area contributed by atoms with Crippen LogP contribution in [-0.2, 0) is 6.54 Å². The number of hydrogen-bond acceptors (Lipinski definition) is 4. The molecule has 1 aromatic rings. The molecule has 2 saturated heterocycles. The van der Waals surface area contributed by atoms with Crippen molar-refractivity contribution in [1.29, 1.82) is 0 Å². The van der Waals surface area contributed by atoms with Crippen LogP contribution >= 0.6 is 11.6 Å². The predicted octanol–water partition coefficient (Wildman–Crippen LogP) is 1.44. The first kappa shape index (κ1) is 14.1. The first-order chi connectivity index (χ1) is 9.76. The molecule has 2 fully saturated rings. The second-order valence-corrected chi connectivity index (χ2v) is 6.01. The van der Waals surface area contributed by atoms with Crippen molar-refractivity contribution >= 4 is 11.6 Å². The van der Waals surface area contributed by atoms with E-state index in [9.17, 15) is 0 Å². The lowest BCUT2D eigenvalue weighted by atomic mass is 10.0. The number of methoxy groups -OCH3 is 1. The van der Waals surface area contributed by atoms with Crippen LogP contribution in [-0.4, -0.2) is 62.2 Å². The van der Waals surface area contributed by atoms with Gasteiger partial charge in [-0.2, -0.15) is 0 Å². The van der Waals surface area contributed by atoms with E-state index >= 15 is 0 Å². The van der Waals surface area contributed by atoms with E-state index in [0.717, 1.165) is 31.4 Å². The Kier molecular flexibility index (Phi) is 4.46. The minimum atomic E-state index is 0.698. The molecule has 0 atom stereocenters. The Morgan fingerprint density at radius 3 is 2.70 bits per heavy atom. The third-order valence-electron chi connectivity index (χ3n) is 4.23. The summed E-state index contributed by atoms with van der Waals surface area (Å²) < 4.78 is 5.18. The van der Waals surface area contributed by atoms with E-state index < -0.39 is 0 Å². The molecule has 0 radical (unpaired) electrons. The van der Waals surface area contributed by atoms with Gasteiger partial charge in [-0.3, -0.25) is 9.80 Å². The molecular weight excluding hydrogens is 274 g/mol. The molecule has 0 amide bonds. The quantitative estimate of drug-likeness (QED) is 0.910. The van der Waals surface area contributed by atoms with Crippen molar-refractivity contribution < 1.29 is 4.74 Å². The second-order valence-electron chi connectivity index (χ2n) is 5.60. The molecule has 0 saturated carbocycles. The van der Waals surface area contributed by atoms with Gasteiger partial charge in [0.2, 0.25) is 0 Å². The van der Waals surface area contributed by atoms with Crippen LogP contribution in [0.4, 0.5) is 0 Å². The average molecular weight is 296 g/mol. The molecule has 3 rings (SSSR count). The Bertz CT molecular complexity index is 456. The van der Waals surface area contributed by atoms with Crippen LogP contribution in [0.1, 0.15) is 5.56 Å². The number of piperazine rings is 1. The van der Waals surface area contributed by atoms with Gasteiger partial charge in [-0.15, -0.1) is 0 Å². The molecule has 0 bridgehead atoms. The first-order valence-electron chi connectivity index (χ1n) is 7.26. The highest BCUT2D eigenvalue weighted by molar-refractivity contribution is 6.32. The summed E-state index contributed by atoms with van der Waals surface area (Å²) in [5.41, 5.74) is 1.26. The third kappa shape index (κ3) is 3.09. The van der Waals surface area contributed by atoms with Crippen LogP contribution < -0.4 is 10.1 Å². The highest BCUT2D eigenvalue weighted by Gasteiger charge is 2.31. The van der Waals surface area contributed by atoms with E-state index in [0.29, 0.717) is 5.02 Å². The maximum absolute atomic E-state index is 6.17. The third-order valence-corrected chi connectivity index (χ3v) is 4.52. The van der Waals surface area contributed by atoms with Crippen LogP contribution in [0, 0.1) is 0 Å². The van der Waals surface area contributed by atoms with E-state index in [4.69, 9.17) is 16.3 Å². The lowest BCUT2D eigenvalue weighted by Gasteiger charge is -2.47. The standard InChI is InChI=1S/C15H22ClN3O/c1-20-15-3-2-12(8-14(15)16)9-18-10-13(11-18)19-6-4-17-5-7-19/h2-3,8,13,17H,4-7,9-11H2,1H3. The molecule has 20 heavy (non-hydrogen) atoms. The van der Waals surface area contributed by atoms with Gasteiger partial charge in [0.05, 0.1) is 12.1 Å². The van der Waals surface area contributed by atoms with Gasteiger partial charge >= 0.3 is 0 Å². The largest absolute Gasteiger partial charge is 0.495 e. The second kappa shape index (κ2) is 6.31. The summed E-state index contributed by atoms with van der Waals surface area (Å²) in [6.07, 6.45) is 0. The maximum atomic E-state index is 6.17. The van der Waals surface area contributed by atoms with Crippen molar-refractivity contribution in [1.82, 2.24) is 15.1 Å². The highest BCUT2D eigenvalue weighted by Crippen LogP contribution is 2.26. The Labute approximate surface area is 125 Å². The minimum Gasteiger partial charge on any atom is -0.495 e. The zero-order chi connectivity index (χ0) is 13.9. The van der Waals surface area contributed by atoms with Gasteiger partial charge in [-0.25, -0.2) is 0 Å². The van der Waals surface area contributed by atoms with E-state index in [2.05, 4.69) is 21.2 Å². The van der Waals surface area contributed by atoms with E-state index in [-0.39, 0.29) is 0 Å². The van der Waals surface area contributed by atoms with Crippen LogP contribution in [0.2, 0.25) is 5.02 Å². The van der Waals surface area contributed by atoms with Crippen molar-refractivity contribution in [2.45, 2.75) is 12.6 Å². The van der Waals surface area contributed by atoms with E-state index in [1.165, 1.54) is 31.7 Å². The Morgan fingerprint density at radius 2 is 2.05 bits per heavy atom. The number of likely N-dealkylation sites (tertiary alicyclic amines) is 1. The molecule has 0 aromatic heterocycles. The normalized spacial score (nSPS) is 21.7. The summed E-state index contributed by atoms with van der Waals surface area (Å²) in [4.78, 5) is 5.08. The summed E-state index contributed by atoms with van der Waals surface area (Å²) >= 11 is 6.17. The van der Waals surface area contributed by atoms with Gasteiger partial charge in [0.15, 0.2) is 0 Å². The number of nitrogens with zero attached hydrogens (tertiary/aromatic N) is 2. The fraction of sp³-hybridized carbons (Fsp3) is 0.600. The zero-order valence-electron chi connectivity index (χ0n) is 11.9. The molecule has 1 N–H and O–H groups in total. The summed E-state index contributed by atoms with van der Waals surface area (Å²) in [5, 5.41) is 4.10. The van der Waals surface area contributed by atoms with Crippen LogP contribution in [0.15, 0.2) is 18.2 Å². The van der Waals surface area contributed by atoms with Gasteiger partial charge in [0.25, 0.3) is 0 Å². The summed E-state index contributed by atoms with van der Waals surface area (Å²) in [7, 11) is 1.65. The van der Waals surface area contributed by atoms with Crippen LogP contribution in [0.5, 0.6) is 5.75 Å². The predicted molar refractivity (Wildman–Crippen MR) is 81.5 cm³/mol. The first-order valence-corrected chi connectivity index (χ1v) is 7.63. The summed E-state index contributed by atoms with van der Waals surface area (Å²) in [6.45, 7) is 7.95. The molecule has 2 aliphatic rings. The molecule has 2 heterocycles. The molecule has 0 unspecified atom stereocenters. The lowest BCUT2D eigenvalue weighted by Crippen LogP contribution is -2.62. The number of benzene rings is 1. The van der Waals surface area contributed by atoms with E-state index in [1.807, 2.05) is 12.1 Å². The lowest BCUT2D eigenvalue weighted by molar-refractivity contribution is 0.0223. The maximum Gasteiger partial charge on any atom is 0.137 e. The molecule has 5 heteroatoms. The molecular formula is C15H22ClN3O. The van der Waals surface area contributed by atoms with Gasteiger partial charge in [0.1, 0.15) is 5.75 Å². The molecule has 1 aromatic carbocycles. The van der Waals surface area contributed by atoms with Gasteiger partial charge in [0, 0.05) is 51.9 Å². The average Bonchev–Trinajstić information content (AvgIpc) is 2.43. The number of rotatable bonds is 4. The number of halogens is 1. The Morgan fingerprint density at radius 1 is 1.30 bits per heavy atom. The molecule has 110 valence electrons. The Balaban J connectivity index is 1.49. The van der Waals surface area contributed by atoms with Gasteiger partial charge < -0.3 is 10.1 Å². The molecule has 4 nitrogen and oxygen atoms in total. The number of hydrogen-bond donors (Lipinski definition) is 1. The zero-order valence-corrected chi connectivity index (χ0v) is 12.7. The smallest absolute Gasteiger partial charge is 0.137 e. The monoisotopic (exact) mass is 295 g/mol. The van der Waals surface area contributed by atoms with Crippen LogP contribution in [0.3, 0.4) is 0 Å². The fourth-order valence-corrected chi connectivity index (χ4v) is 3.30. The van der Waals surface area contributed by atoms with Crippen LogP contribution in [0.25, 0.3) is 0 Å². The van der Waals surface area contributed by atoms with Crippen molar-refractivity contribution in [2.75, 3.05) is 46.4 Å². The SMILES string of the molecule is COc1ccc(CN2CC(N3CCNCC3)C2)cc1Cl. The molecule has 0 aliphatic carbocycles. The van der Waals surface area contributed by atoms with Crippen molar-refractivity contribution in [2.24, 2.45) is 0 Å². The summed E-state index contributed by atoms with van der Waals surface area (Å²) in [6, 6.07) is 6.80. The van der Waals surface area contributed by atoms with Crippen molar-refractivity contribution in [3.8, 4) is 5.75 Å². The molecule has 2 aliphatic heterocycles. The fourth-order valence-electron chi connectivity index (χ4n) is 3.02. The van der Waals surface area contributed by atoms with E-state index in [1.54, 1.807) is 7.11 Å². The Hall–Kier alpha value is -0.810. The topological polar surface area (TPSA) is 27.7 Å². The molecule has 0 spiro atoms. The highest BCUT2D eigenvalue weighted by atomic mass is 35.5. The summed E-state index contributed by atoms with van der Waals surface area (Å²) in [5.74, 6) is 0.748.